The monoisotopic (exact) mass is 420 g/mol. The summed E-state index contributed by atoms with van der Waals surface area (Å²) in [6.07, 6.45) is -0.923. The highest BCUT2D eigenvalue weighted by molar-refractivity contribution is 5.98. The first-order chi connectivity index (χ1) is 14.0. The van der Waals surface area contributed by atoms with E-state index in [1.807, 2.05) is 0 Å². The van der Waals surface area contributed by atoms with Gasteiger partial charge in [0.15, 0.2) is 0 Å². The summed E-state index contributed by atoms with van der Waals surface area (Å²) in [7, 11) is 3.07. The molecule has 0 spiro atoms. The number of hydrogen-bond acceptors (Lipinski definition) is 4. The average molecular weight is 420 g/mol. The van der Waals surface area contributed by atoms with Crippen LogP contribution in [0.3, 0.4) is 0 Å². The number of ether oxygens (including phenoxy) is 2. The van der Waals surface area contributed by atoms with E-state index in [4.69, 9.17) is 9.47 Å². The van der Waals surface area contributed by atoms with E-state index in [1.54, 1.807) is 52.1 Å². The lowest BCUT2D eigenvalue weighted by atomic mass is 10.0. The van der Waals surface area contributed by atoms with Gasteiger partial charge in [-0.3, -0.25) is 4.79 Å². The molecule has 0 radical (unpaired) electrons. The summed E-state index contributed by atoms with van der Waals surface area (Å²) in [6.45, 7) is 5.07. The summed E-state index contributed by atoms with van der Waals surface area (Å²) >= 11 is 0. The topological polar surface area (TPSA) is 67.9 Å². The van der Waals surface area contributed by atoms with Crippen LogP contribution in [-0.2, 0) is 16.0 Å². The van der Waals surface area contributed by atoms with E-state index in [9.17, 15) is 18.4 Å². The van der Waals surface area contributed by atoms with Crippen molar-refractivity contribution in [1.29, 1.82) is 0 Å². The number of rotatable bonds is 6. The van der Waals surface area contributed by atoms with Crippen LogP contribution in [0.4, 0.5) is 19.3 Å². The predicted molar refractivity (Wildman–Crippen MR) is 110 cm³/mol. The van der Waals surface area contributed by atoms with Gasteiger partial charge in [0.2, 0.25) is 5.91 Å². The molecule has 0 aliphatic rings. The van der Waals surface area contributed by atoms with Crippen molar-refractivity contribution in [2.75, 3.05) is 19.1 Å². The van der Waals surface area contributed by atoms with Crippen LogP contribution in [0.1, 0.15) is 26.3 Å². The second kappa shape index (κ2) is 9.56. The maximum Gasteiger partial charge on any atom is 0.408 e. The number of nitrogens with one attached hydrogen (secondary N) is 1. The Labute approximate surface area is 174 Å². The molecule has 2 amide bonds. The minimum atomic E-state index is -1.10. The van der Waals surface area contributed by atoms with Crippen molar-refractivity contribution in [2.45, 2.75) is 38.8 Å². The lowest BCUT2D eigenvalue weighted by molar-refractivity contribution is -0.120. The zero-order valence-electron chi connectivity index (χ0n) is 17.7. The van der Waals surface area contributed by atoms with Crippen molar-refractivity contribution in [1.82, 2.24) is 5.32 Å². The Balaban J connectivity index is 2.27. The molecule has 0 aromatic heterocycles. The van der Waals surface area contributed by atoms with Gasteiger partial charge in [0.05, 0.1) is 7.11 Å². The highest BCUT2D eigenvalue weighted by atomic mass is 19.1. The minimum Gasteiger partial charge on any atom is -0.497 e. The number of alkyl carbamates (subject to hydrolysis) is 1. The van der Waals surface area contributed by atoms with Crippen LogP contribution in [0.2, 0.25) is 0 Å². The average Bonchev–Trinajstić information content (AvgIpc) is 2.64. The zero-order valence-corrected chi connectivity index (χ0v) is 17.7. The Hall–Kier alpha value is -3.16. The predicted octanol–water partition coefficient (Wildman–Crippen LogP) is 4.07. The van der Waals surface area contributed by atoms with Crippen LogP contribution in [-0.4, -0.2) is 37.8 Å². The van der Waals surface area contributed by atoms with Gasteiger partial charge in [0.25, 0.3) is 0 Å². The van der Waals surface area contributed by atoms with Crippen LogP contribution in [0, 0.1) is 11.6 Å². The molecule has 162 valence electrons. The number of amides is 2. The lowest BCUT2D eigenvalue weighted by Gasteiger charge is -2.27. The van der Waals surface area contributed by atoms with Gasteiger partial charge in [0, 0.05) is 25.2 Å². The largest absolute Gasteiger partial charge is 0.497 e. The molecule has 1 atom stereocenters. The first kappa shape index (κ1) is 23.1. The van der Waals surface area contributed by atoms with Crippen molar-refractivity contribution in [3.05, 3.63) is 59.7 Å². The van der Waals surface area contributed by atoms with Gasteiger partial charge in [0.1, 0.15) is 29.0 Å². The number of methoxy groups -OCH3 is 1. The van der Waals surface area contributed by atoms with E-state index in [0.29, 0.717) is 11.4 Å². The Morgan fingerprint density at radius 2 is 1.63 bits per heavy atom. The number of likely N-dealkylation sites (N-methyl/N-ethyl adjacent to an activating group) is 1. The molecule has 0 unspecified atom stereocenters. The molecular formula is C22H26F2N2O4. The first-order valence-corrected chi connectivity index (χ1v) is 9.34. The van der Waals surface area contributed by atoms with Crippen molar-refractivity contribution >= 4 is 17.7 Å². The second-order valence-electron chi connectivity index (χ2n) is 7.78. The molecule has 0 bridgehead atoms. The highest BCUT2D eigenvalue weighted by Crippen LogP contribution is 2.20. The fraction of sp³-hybridized carbons (Fsp3) is 0.364. The van der Waals surface area contributed by atoms with Crippen LogP contribution in [0.15, 0.2) is 42.5 Å². The van der Waals surface area contributed by atoms with Gasteiger partial charge >= 0.3 is 6.09 Å². The smallest absolute Gasteiger partial charge is 0.408 e. The Bertz CT molecular complexity index is 875. The molecule has 0 fully saturated rings. The first-order valence-electron chi connectivity index (χ1n) is 9.34. The van der Waals surface area contributed by atoms with Crippen LogP contribution >= 0.6 is 0 Å². The van der Waals surface area contributed by atoms with E-state index < -0.39 is 35.3 Å². The number of halogens is 2. The number of anilines is 1. The molecule has 2 aromatic rings. The molecular weight excluding hydrogens is 394 g/mol. The minimum absolute atomic E-state index is 0.118. The Morgan fingerprint density at radius 3 is 2.13 bits per heavy atom. The molecule has 0 saturated heterocycles. The molecule has 2 aromatic carbocycles. The summed E-state index contributed by atoms with van der Waals surface area (Å²) in [5.41, 5.74) is 0.0112. The fourth-order valence-electron chi connectivity index (χ4n) is 2.78. The van der Waals surface area contributed by atoms with Crippen molar-refractivity contribution in [2.24, 2.45) is 0 Å². The molecule has 6 nitrogen and oxygen atoms in total. The lowest BCUT2D eigenvalue weighted by Crippen LogP contribution is -2.50. The molecule has 0 heterocycles. The van der Waals surface area contributed by atoms with Gasteiger partial charge < -0.3 is 19.7 Å². The van der Waals surface area contributed by atoms with Crippen LogP contribution in [0.25, 0.3) is 0 Å². The van der Waals surface area contributed by atoms with Crippen molar-refractivity contribution in [3.8, 4) is 5.75 Å². The van der Waals surface area contributed by atoms with Crippen molar-refractivity contribution in [3.63, 3.8) is 0 Å². The SMILES string of the molecule is COc1ccc(N(C)C(=O)[C@H](Cc2cc(F)cc(F)c2)NC(=O)OC(C)(C)C)cc1. The number of hydrogen-bond donors (Lipinski definition) is 1. The maximum atomic E-state index is 13.6. The van der Waals surface area contributed by atoms with Crippen LogP contribution < -0.4 is 15.0 Å². The van der Waals surface area contributed by atoms with E-state index in [1.165, 1.54) is 12.0 Å². The van der Waals surface area contributed by atoms with E-state index >= 15 is 0 Å². The molecule has 8 heteroatoms. The third-order valence-corrected chi connectivity index (χ3v) is 4.14. The van der Waals surface area contributed by atoms with Gasteiger partial charge in [-0.15, -0.1) is 0 Å². The molecule has 30 heavy (non-hydrogen) atoms. The normalized spacial score (nSPS) is 12.1. The number of benzene rings is 2. The van der Waals surface area contributed by atoms with E-state index in [-0.39, 0.29) is 12.0 Å². The van der Waals surface area contributed by atoms with Crippen LogP contribution in [0.5, 0.6) is 5.75 Å². The molecule has 0 aliphatic heterocycles. The molecule has 2 rings (SSSR count). The van der Waals surface area contributed by atoms with Gasteiger partial charge in [-0.25, -0.2) is 13.6 Å². The fourth-order valence-corrected chi connectivity index (χ4v) is 2.78. The van der Waals surface area contributed by atoms with Crippen molar-refractivity contribution < 1.29 is 27.8 Å². The summed E-state index contributed by atoms with van der Waals surface area (Å²) in [5.74, 6) is -1.39. The zero-order chi connectivity index (χ0) is 22.5. The van der Waals surface area contributed by atoms with Gasteiger partial charge in [-0.05, 0) is 62.7 Å². The summed E-state index contributed by atoms with van der Waals surface area (Å²) in [4.78, 5) is 26.7. The standard InChI is InChI=1S/C22H26F2N2O4/c1-22(2,3)30-21(28)25-19(12-14-10-15(23)13-16(24)11-14)20(27)26(4)17-6-8-18(29-5)9-7-17/h6-11,13,19H,12H2,1-5H3,(H,25,28)/t19-/m0/s1. The van der Waals surface area contributed by atoms with E-state index in [2.05, 4.69) is 5.32 Å². The molecule has 0 saturated carbocycles. The molecule has 0 aliphatic carbocycles. The van der Waals surface area contributed by atoms with Gasteiger partial charge in [-0.2, -0.15) is 0 Å². The maximum absolute atomic E-state index is 13.6. The number of carbonyl (C=O) groups excluding carboxylic acids is 2. The number of nitrogens with zero attached hydrogens (tertiary/aromatic N) is 1. The highest BCUT2D eigenvalue weighted by Gasteiger charge is 2.28. The second-order valence-corrected chi connectivity index (χ2v) is 7.78. The summed E-state index contributed by atoms with van der Waals surface area (Å²) < 4.78 is 37.5. The van der Waals surface area contributed by atoms with E-state index in [0.717, 1.165) is 18.2 Å². The summed E-state index contributed by atoms with van der Waals surface area (Å²) in [6, 6.07) is 8.63. The third-order valence-electron chi connectivity index (χ3n) is 4.14. The van der Waals surface area contributed by atoms with Gasteiger partial charge in [-0.1, -0.05) is 0 Å². The summed E-state index contributed by atoms with van der Waals surface area (Å²) in [5, 5.41) is 2.51. The quantitative estimate of drug-likeness (QED) is 0.765. The Kier molecular flexibility index (Phi) is 7.37. The Morgan fingerprint density at radius 1 is 1.07 bits per heavy atom. The molecule has 1 N–H and O–H groups in total. The third kappa shape index (κ3) is 6.72. The number of carbonyl (C=O) groups is 2.